The third kappa shape index (κ3) is 6.06. The zero-order valence-electron chi connectivity index (χ0n) is 11.7. The quantitative estimate of drug-likeness (QED) is 0.689. The number of likely N-dealkylation sites (N-methyl/N-ethyl adjacent to an activating group) is 2. The van der Waals surface area contributed by atoms with Gasteiger partial charge in [0.05, 0.1) is 6.54 Å². The van der Waals surface area contributed by atoms with Gasteiger partial charge in [-0.1, -0.05) is 38.5 Å². The first-order valence-corrected chi connectivity index (χ1v) is 6.98. The molecule has 0 atom stereocenters. The fraction of sp³-hybridized carbons (Fsp3) is 0.929. The first kappa shape index (κ1) is 14.5. The van der Waals surface area contributed by atoms with Gasteiger partial charge in [0.1, 0.15) is 0 Å². The summed E-state index contributed by atoms with van der Waals surface area (Å²) in [6, 6.07) is 0. The summed E-state index contributed by atoms with van der Waals surface area (Å²) < 4.78 is 0. The molecule has 0 aromatic carbocycles. The van der Waals surface area contributed by atoms with Crippen LogP contribution in [0.4, 0.5) is 0 Å². The summed E-state index contributed by atoms with van der Waals surface area (Å²) in [5, 5.41) is 0. The van der Waals surface area contributed by atoms with Crippen molar-refractivity contribution < 1.29 is 4.79 Å². The Bertz CT molecular complexity index is 220. The lowest BCUT2D eigenvalue weighted by Crippen LogP contribution is -2.35. The average molecular weight is 240 g/mol. The number of hydrogen-bond acceptors (Lipinski definition) is 2. The second-order valence-electron chi connectivity index (χ2n) is 5.67. The van der Waals surface area contributed by atoms with Crippen molar-refractivity contribution in [1.82, 2.24) is 9.80 Å². The molecule has 0 spiro atoms. The van der Waals surface area contributed by atoms with E-state index in [2.05, 4.69) is 11.9 Å². The van der Waals surface area contributed by atoms with Gasteiger partial charge in [0, 0.05) is 14.1 Å². The van der Waals surface area contributed by atoms with Crippen LogP contribution < -0.4 is 0 Å². The molecule has 100 valence electrons. The Hall–Kier alpha value is -0.570. The van der Waals surface area contributed by atoms with Crippen molar-refractivity contribution in [3.8, 4) is 0 Å². The highest BCUT2D eigenvalue weighted by Gasteiger charge is 2.14. The van der Waals surface area contributed by atoms with Gasteiger partial charge in [0.2, 0.25) is 5.91 Å². The van der Waals surface area contributed by atoms with Crippen LogP contribution in [0, 0.1) is 5.92 Å². The SMILES string of the molecule is CN(CCC1CCCCCC1)CC(=O)N(C)C. The number of nitrogens with zero attached hydrogens (tertiary/aromatic N) is 2. The second-order valence-corrected chi connectivity index (χ2v) is 5.67. The molecule has 0 aromatic rings. The smallest absolute Gasteiger partial charge is 0.236 e. The lowest BCUT2D eigenvalue weighted by molar-refractivity contribution is -0.129. The number of hydrogen-bond donors (Lipinski definition) is 0. The Morgan fingerprint density at radius 1 is 1.06 bits per heavy atom. The fourth-order valence-electron chi connectivity index (χ4n) is 2.51. The molecule has 0 aromatic heterocycles. The summed E-state index contributed by atoms with van der Waals surface area (Å²) in [5.41, 5.74) is 0. The van der Waals surface area contributed by atoms with E-state index in [1.807, 2.05) is 14.1 Å². The number of carbonyl (C=O) groups excluding carboxylic acids is 1. The van der Waals surface area contributed by atoms with E-state index < -0.39 is 0 Å². The largest absolute Gasteiger partial charge is 0.348 e. The van der Waals surface area contributed by atoms with Crippen LogP contribution in [0.1, 0.15) is 44.9 Å². The summed E-state index contributed by atoms with van der Waals surface area (Å²) in [6.07, 6.45) is 9.72. The van der Waals surface area contributed by atoms with E-state index in [-0.39, 0.29) is 5.91 Å². The summed E-state index contributed by atoms with van der Waals surface area (Å²) in [5.74, 6) is 1.10. The monoisotopic (exact) mass is 240 g/mol. The number of rotatable bonds is 5. The minimum Gasteiger partial charge on any atom is -0.348 e. The summed E-state index contributed by atoms with van der Waals surface area (Å²) >= 11 is 0. The molecule has 1 amide bonds. The van der Waals surface area contributed by atoms with Crippen molar-refractivity contribution in [3.05, 3.63) is 0 Å². The van der Waals surface area contributed by atoms with Crippen molar-refractivity contribution in [2.45, 2.75) is 44.9 Å². The van der Waals surface area contributed by atoms with Gasteiger partial charge in [-0.3, -0.25) is 9.69 Å². The van der Waals surface area contributed by atoms with Crippen LogP contribution in [0.3, 0.4) is 0 Å². The topological polar surface area (TPSA) is 23.6 Å². The molecular weight excluding hydrogens is 212 g/mol. The molecule has 1 aliphatic rings. The molecular formula is C14H28N2O. The van der Waals surface area contributed by atoms with Crippen molar-refractivity contribution in [2.75, 3.05) is 34.2 Å². The van der Waals surface area contributed by atoms with Crippen LogP contribution >= 0.6 is 0 Å². The number of carbonyl (C=O) groups is 1. The standard InChI is InChI=1S/C14H28N2O/c1-15(2)14(17)12-16(3)11-10-13-8-6-4-5-7-9-13/h13H,4-12H2,1-3H3. The molecule has 3 heteroatoms. The molecule has 0 saturated heterocycles. The van der Waals surface area contributed by atoms with Crippen LogP contribution in [0.2, 0.25) is 0 Å². The lowest BCUT2D eigenvalue weighted by Gasteiger charge is -2.21. The van der Waals surface area contributed by atoms with E-state index >= 15 is 0 Å². The third-order valence-electron chi connectivity index (χ3n) is 3.80. The molecule has 0 unspecified atom stereocenters. The summed E-state index contributed by atoms with van der Waals surface area (Å²) in [7, 11) is 5.70. The number of amides is 1. The van der Waals surface area contributed by atoms with Gasteiger partial charge < -0.3 is 4.90 Å². The van der Waals surface area contributed by atoms with Gasteiger partial charge in [-0.2, -0.15) is 0 Å². The Morgan fingerprint density at radius 2 is 1.65 bits per heavy atom. The van der Waals surface area contributed by atoms with E-state index in [9.17, 15) is 4.79 Å². The van der Waals surface area contributed by atoms with E-state index in [0.717, 1.165) is 12.5 Å². The van der Waals surface area contributed by atoms with Crippen molar-refractivity contribution in [1.29, 1.82) is 0 Å². The predicted octanol–water partition coefficient (Wildman–Crippen LogP) is 2.37. The normalized spacial score (nSPS) is 18.1. The molecule has 1 rings (SSSR count). The highest BCUT2D eigenvalue weighted by Crippen LogP contribution is 2.25. The minimum atomic E-state index is 0.202. The maximum atomic E-state index is 11.5. The van der Waals surface area contributed by atoms with Crippen LogP contribution in [-0.4, -0.2) is 49.9 Å². The molecule has 0 N–H and O–H groups in total. The highest BCUT2D eigenvalue weighted by atomic mass is 16.2. The molecule has 0 aliphatic heterocycles. The average Bonchev–Trinajstić information content (AvgIpc) is 2.54. The van der Waals surface area contributed by atoms with E-state index in [1.54, 1.807) is 4.90 Å². The Balaban J connectivity index is 2.17. The van der Waals surface area contributed by atoms with Crippen LogP contribution in [-0.2, 0) is 4.79 Å². The maximum Gasteiger partial charge on any atom is 0.236 e. The van der Waals surface area contributed by atoms with Gasteiger partial charge in [-0.05, 0) is 25.9 Å². The molecule has 1 saturated carbocycles. The molecule has 1 fully saturated rings. The Kier molecular flexibility index (Phi) is 6.56. The first-order chi connectivity index (χ1) is 8.09. The minimum absolute atomic E-state index is 0.202. The van der Waals surface area contributed by atoms with Crippen LogP contribution in [0.15, 0.2) is 0 Å². The van der Waals surface area contributed by atoms with E-state index in [0.29, 0.717) is 6.54 Å². The van der Waals surface area contributed by atoms with Gasteiger partial charge in [0.15, 0.2) is 0 Å². The molecule has 1 aliphatic carbocycles. The van der Waals surface area contributed by atoms with E-state index in [1.165, 1.54) is 44.9 Å². The third-order valence-corrected chi connectivity index (χ3v) is 3.80. The van der Waals surface area contributed by atoms with Gasteiger partial charge >= 0.3 is 0 Å². The Labute approximate surface area is 106 Å². The van der Waals surface area contributed by atoms with Crippen molar-refractivity contribution in [2.24, 2.45) is 5.92 Å². The maximum absolute atomic E-state index is 11.5. The fourth-order valence-corrected chi connectivity index (χ4v) is 2.51. The van der Waals surface area contributed by atoms with Crippen LogP contribution in [0.25, 0.3) is 0 Å². The van der Waals surface area contributed by atoms with Crippen LogP contribution in [0.5, 0.6) is 0 Å². The predicted molar refractivity (Wildman–Crippen MR) is 72.0 cm³/mol. The van der Waals surface area contributed by atoms with Gasteiger partial charge in [-0.15, -0.1) is 0 Å². The Morgan fingerprint density at radius 3 is 2.18 bits per heavy atom. The van der Waals surface area contributed by atoms with Crippen molar-refractivity contribution in [3.63, 3.8) is 0 Å². The van der Waals surface area contributed by atoms with Crippen molar-refractivity contribution >= 4 is 5.91 Å². The molecule has 0 heterocycles. The lowest BCUT2D eigenvalue weighted by atomic mass is 9.96. The second kappa shape index (κ2) is 7.70. The van der Waals surface area contributed by atoms with Gasteiger partial charge in [-0.25, -0.2) is 0 Å². The van der Waals surface area contributed by atoms with Gasteiger partial charge in [0.25, 0.3) is 0 Å². The summed E-state index contributed by atoms with van der Waals surface area (Å²) in [6.45, 7) is 1.62. The summed E-state index contributed by atoms with van der Waals surface area (Å²) in [4.78, 5) is 15.4. The molecule has 17 heavy (non-hydrogen) atoms. The molecule has 0 radical (unpaired) electrons. The molecule has 3 nitrogen and oxygen atoms in total. The first-order valence-electron chi connectivity index (χ1n) is 6.98. The zero-order chi connectivity index (χ0) is 12.7. The highest BCUT2D eigenvalue weighted by molar-refractivity contribution is 5.77. The zero-order valence-corrected chi connectivity index (χ0v) is 11.7. The molecule has 0 bridgehead atoms. The van der Waals surface area contributed by atoms with E-state index in [4.69, 9.17) is 0 Å².